The van der Waals surface area contributed by atoms with E-state index in [9.17, 15) is 13.2 Å². The maximum Gasteiger partial charge on any atom is 0.416 e. The fourth-order valence-electron chi connectivity index (χ4n) is 1.78. The number of aliphatic imine (C=N–C) groups is 1. The fourth-order valence-corrected chi connectivity index (χ4v) is 1.78. The van der Waals surface area contributed by atoms with Gasteiger partial charge >= 0.3 is 6.18 Å². The molecule has 84 valence electrons. The van der Waals surface area contributed by atoms with Gasteiger partial charge in [-0.15, -0.1) is 0 Å². The summed E-state index contributed by atoms with van der Waals surface area (Å²) in [5.74, 6) is -0.227. The molecule has 0 aliphatic carbocycles. The van der Waals surface area contributed by atoms with E-state index in [4.69, 9.17) is 0 Å². The number of allylic oxidation sites excluding steroid dienone is 1. The Morgan fingerprint density at radius 2 is 1.94 bits per heavy atom. The number of nitrogens with zero attached hydrogens (tertiary/aromatic N) is 1. The van der Waals surface area contributed by atoms with Gasteiger partial charge in [0.05, 0.1) is 5.56 Å². The molecule has 1 aromatic rings. The van der Waals surface area contributed by atoms with Gasteiger partial charge in [-0.1, -0.05) is 24.3 Å². The van der Waals surface area contributed by atoms with Crippen molar-refractivity contribution in [3.8, 4) is 0 Å². The molecule has 0 saturated carbocycles. The molecule has 1 unspecified atom stereocenters. The van der Waals surface area contributed by atoms with Gasteiger partial charge in [0, 0.05) is 18.3 Å². The van der Waals surface area contributed by atoms with Gasteiger partial charge in [-0.3, -0.25) is 4.99 Å². The van der Waals surface area contributed by atoms with E-state index in [1.54, 1.807) is 24.6 Å². The largest absolute Gasteiger partial charge is 0.416 e. The molecule has 0 spiro atoms. The summed E-state index contributed by atoms with van der Waals surface area (Å²) in [7, 11) is 0. The Bertz CT molecular complexity index is 432. The Morgan fingerprint density at radius 1 is 1.19 bits per heavy atom. The van der Waals surface area contributed by atoms with Crippen LogP contribution in [0, 0.1) is 0 Å². The lowest BCUT2D eigenvalue weighted by molar-refractivity contribution is -0.138. The first kappa shape index (κ1) is 10.9. The summed E-state index contributed by atoms with van der Waals surface area (Å²) in [6, 6.07) is 5.68. The second-order valence-corrected chi connectivity index (χ2v) is 3.60. The van der Waals surface area contributed by atoms with Crippen molar-refractivity contribution in [1.29, 1.82) is 0 Å². The second-order valence-electron chi connectivity index (χ2n) is 3.60. The highest BCUT2D eigenvalue weighted by Gasteiger charge is 2.34. The molecule has 0 bridgehead atoms. The number of hydrogen-bond donors (Lipinski definition) is 0. The zero-order chi connectivity index (χ0) is 11.6. The summed E-state index contributed by atoms with van der Waals surface area (Å²) in [5, 5.41) is 0. The maximum absolute atomic E-state index is 12.7. The van der Waals surface area contributed by atoms with Crippen molar-refractivity contribution in [2.24, 2.45) is 4.99 Å². The Morgan fingerprint density at radius 3 is 2.56 bits per heavy atom. The first-order valence-electron chi connectivity index (χ1n) is 4.93. The highest BCUT2D eigenvalue weighted by Crippen LogP contribution is 2.36. The fraction of sp³-hybridized carbons (Fsp3) is 0.250. The van der Waals surface area contributed by atoms with Crippen molar-refractivity contribution >= 4 is 6.21 Å². The zero-order valence-corrected chi connectivity index (χ0v) is 8.41. The Labute approximate surface area is 91.3 Å². The van der Waals surface area contributed by atoms with Gasteiger partial charge in [0.15, 0.2) is 0 Å². The second kappa shape index (κ2) is 4.12. The minimum Gasteiger partial charge on any atom is -0.269 e. The Hall–Kier alpha value is -1.58. The molecule has 4 heteroatoms. The predicted octanol–water partition coefficient (Wildman–Crippen LogP) is 3.78. The van der Waals surface area contributed by atoms with Gasteiger partial charge in [-0.05, 0) is 18.1 Å². The van der Waals surface area contributed by atoms with Gasteiger partial charge in [0.25, 0.3) is 0 Å². The Balaban J connectivity index is 2.41. The SMILES string of the molecule is FC(F)(F)c1ccccc1C1C=CN=CC1. The van der Waals surface area contributed by atoms with Gasteiger partial charge in [0.2, 0.25) is 0 Å². The molecule has 0 amide bonds. The number of benzene rings is 1. The molecule has 1 atom stereocenters. The number of alkyl halides is 3. The Kier molecular flexibility index (Phi) is 2.81. The van der Waals surface area contributed by atoms with Crippen LogP contribution in [0.1, 0.15) is 23.5 Å². The van der Waals surface area contributed by atoms with Crippen molar-refractivity contribution in [3.05, 3.63) is 47.7 Å². The van der Waals surface area contributed by atoms with Crippen LogP contribution in [-0.2, 0) is 6.18 Å². The van der Waals surface area contributed by atoms with Gasteiger partial charge < -0.3 is 0 Å². The van der Waals surface area contributed by atoms with Gasteiger partial charge in [-0.25, -0.2) is 0 Å². The number of hydrogen-bond acceptors (Lipinski definition) is 1. The van der Waals surface area contributed by atoms with E-state index in [1.807, 2.05) is 0 Å². The average molecular weight is 225 g/mol. The summed E-state index contributed by atoms with van der Waals surface area (Å²) in [4.78, 5) is 3.86. The minimum atomic E-state index is -4.29. The summed E-state index contributed by atoms with van der Waals surface area (Å²) < 4.78 is 38.2. The van der Waals surface area contributed by atoms with Crippen molar-refractivity contribution in [3.63, 3.8) is 0 Å². The number of halogens is 3. The maximum atomic E-state index is 12.7. The topological polar surface area (TPSA) is 12.4 Å². The normalized spacial score (nSPS) is 20.1. The lowest BCUT2D eigenvalue weighted by atomic mass is 9.91. The molecule has 16 heavy (non-hydrogen) atoms. The van der Waals surface area contributed by atoms with Crippen LogP contribution >= 0.6 is 0 Å². The quantitative estimate of drug-likeness (QED) is 0.689. The molecular weight excluding hydrogens is 215 g/mol. The van der Waals surface area contributed by atoms with E-state index in [2.05, 4.69) is 4.99 Å². The third-order valence-corrected chi connectivity index (χ3v) is 2.53. The van der Waals surface area contributed by atoms with E-state index in [0.29, 0.717) is 12.0 Å². The molecule has 1 aromatic carbocycles. The molecule has 0 aromatic heterocycles. The van der Waals surface area contributed by atoms with E-state index >= 15 is 0 Å². The van der Waals surface area contributed by atoms with E-state index in [-0.39, 0.29) is 5.92 Å². The van der Waals surface area contributed by atoms with Crippen LogP contribution in [-0.4, -0.2) is 6.21 Å². The molecule has 0 saturated heterocycles. The van der Waals surface area contributed by atoms with Crippen molar-refractivity contribution in [2.45, 2.75) is 18.5 Å². The van der Waals surface area contributed by atoms with Crippen LogP contribution in [0.4, 0.5) is 13.2 Å². The van der Waals surface area contributed by atoms with Gasteiger partial charge in [-0.2, -0.15) is 13.2 Å². The molecular formula is C12H10F3N. The third kappa shape index (κ3) is 2.15. The first-order chi connectivity index (χ1) is 7.59. The van der Waals surface area contributed by atoms with Crippen LogP contribution in [0.2, 0.25) is 0 Å². The van der Waals surface area contributed by atoms with E-state index in [0.717, 1.165) is 6.07 Å². The average Bonchev–Trinajstić information content (AvgIpc) is 2.29. The van der Waals surface area contributed by atoms with E-state index < -0.39 is 11.7 Å². The molecule has 0 fully saturated rings. The smallest absolute Gasteiger partial charge is 0.269 e. The van der Waals surface area contributed by atoms with Crippen molar-refractivity contribution < 1.29 is 13.2 Å². The standard InChI is InChI=1S/C12H10F3N/c13-12(14,15)11-4-2-1-3-10(11)9-5-7-16-8-6-9/h1-5,7-9H,6H2. The monoisotopic (exact) mass is 225 g/mol. The van der Waals surface area contributed by atoms with Crippen LogP contribution in [0.15, 0.2) is 41.5 Å². The summed E-state index contributed by atoms with van der Waals surface area (Å²) in [6.45, 7) is 0. The molecule has 1 aliphatic rings. The van der Waals surface area contributed by atoms with Crippen LogP contribution < -0.4 is 0 Å². The molecule has 1 heterocycles. The van der Waals surface area contributed by atoms with Crippen molar-refractivity contribution in [1.82, 2.24) is 0 Å². The first-order valence-corrected chi connectivity index (χ1v) is 4.93. The summed E-state index contributed by atoms with van der Waals surface area (Å²) in [5.41, 5.74) is -0.239. The highest BCUT2D eigenvalue weighted by atomic mass is 19.4. The molecule has 2 rings (SSSR count). The number of rotatable bonds is 1. The van der Waals surface area contributed by atoms with Crippen LogP contribution in [0.3, 0.4) is 0 Å². The molecule has 0 radical (unpaired) electrons. The lowest BCUT2D eigenvalue weighted by Crippen LogP contribution is -2.12. The molecule has 0 N–H and O–H groups in total. The van der Waals surface area contributed by atoms with Crippen molar-refractivity contribution in [2.75, 3.05) is 0 Å². The lowest BCUT2D eigenvalue weighted by Gasteiger charge is -2.18. The summed E-state index contributed by atoms with van der Waals surface area (Å²) >= 11 is 0. The predicted molar refractivity (Wildman–Crippen MR) is 56.4 cm³/mol. The van der Waals surface area contributed by atoms with E-state index in [1.165, 1.54) is 12.1 Å². The third-order valence-electron chi connectivity index (χ3n) is 2.53. The zero-order valence-electron chi connectivity index (χ0n) is 8.41. The van der Waals surface area contributed by atoms with Crippen LogP contribution in [0.5, 0.6) is 0 Å². The van der Waals surface area contributed by atoms with Gasteiger partial charge in [0.1, 0.15) is 0 Å². The van der Waals surface area contributed by atoms with Crippen LogP contribution in [0.25, 0.3) is 0 Å². The molecule has 1 aliphatic heterocycles. The molecule has 1 nitrogen and oxygen atoms in total. The summed E-state index contributed by atoms with van der Waals surface area (Å²) in [6.07, 6.45) is 1.10. The highest BCUT2D eigenvalue weighted by molar-refractivity contribution is 5.62. The minimum absolute atomic E-state index is 0.227.